The van der Waals surface area contributed by atoms with Gasteiger partial charge in [-0.2, -0.15) is 0 Å². The van der Waals surface area contributed by atoms with Gasteiger partial charge in [-0.15, -0.1) is 0 Å². The average Bonchev–Trinajstić information content (AvgIpc) is 2.53. The zero-order valence-electron chi connectivity index (χ0n) is 13.8. The van der Waals surface area contributed by atoms with E-state index in [4.69, 9.17) is 4.74 Å². The molecule has 2 rings (SSSR count). The predicted octanol–water partition coefficient (Wildman–Crippen LogP) is 4.85. The molecule has 0 saturated carbocycles. The van der Waals surface area contributed by atoms with Crippen LogP contribution in [0.5, 0.6) is 5.75 Å². The molecule has 0 saturated heterocycles. The van der Waals surface area contributed by atoms with Crippen LogP contribution >= 0.6 is 0 Å². The number of ether oxygens (including phenoxy) is 1. The molecule has 2 aromatic carbocycles. The van der Waals surface area contributed by atoms with Crippen molar-refractivity contribution in [3.8, 4) is 5.75 Å². The fraction of sp³-hybridized carbons (Fsp3) is 0.400. The quantitative estimate of drug-likeness (QED) is 0.668. The number of unbranched alkanes of at least 4 members (excludes halogenated alkanes) is 2. The largest absolute Gasteiger partial charge is 0.494 e. The molecule has 118 valence electrons. The Morgan fingerprint density at radius 3 is 2.41 bits per heavy atom. The number of hydrogen-bond acceptors (Lipinski definition) is 2. The average molecular weight is 297 g/mol. The Labute approximate surface area is 134 Å². The van der Waals surface area contributed by atoms with Crippen molar-refractivity contribution in [2.24, 2.45) is 0 Å². The van der Waals surface area contributed by atoms with E-state index >= 15 is 0 Å². The minimum absolute atomic E-state index is 0.818. The van der Waals surface area contributed by atoms with Crippen LogP contribution in [0.25, 0.3) is 0 Å². The molecule has 0 aliphatic heterocycles. The fourth-order valence-electron chi connectivity index (χ4n) is 2.42. The Hall–Kier alpha value is -1.80. The molecule has 0 radical (unpaired) electrons. The highest BCUT2D eigenvalue weighted by Gasteiger charge is 1.97. The molecule has 2 aromatic rings. The van der Waals surface area contributed by atoms with Crippen LogP contribution in [0, 0.1) is 6.92 Å². The van der Waals surface area contributed by atoms with Crippen molar-refractivity contribution in [3.05, 3.63) is 65.2 Å². The van der Waals surface area contributed by atoms with Gasteiger partial charge in [0.25, 0.3) is 0 Å². The van der Waals surface area contributed by atoms with E-state index in [1.165, 1.54) is 29.5 Å². The first kappa shape index (κ1) is 16.6. The van der Waals surface area contributed by atoms with Gasteiger partial charge in [0.2, 0.25) is 0 Å². The molecule has 0 spiro atoms. The summed E-state index contributed by atoms with van der Waals surface area (Å²) in [4.78, 5) is 0. The summed E-state index contributed by atoms with van der Waals surface area (Å²) in [6.07, 6.45) is 3.60. The third kappa shape index (κ3) is 5.90. The Kier molecular flexibility index (Phi) is 6.98. The van der Waals surface area contributed by atoms with Crippen LogP contribution < -0.4 is 10.1 Å². The van der Waals surface area contributed by atoms with E-state index in [0.717, 1.165) is 31.9 Å². The van der Waals surface area contributed by atoms with Gasteiger partial charge in [-0.05, 0) is 36.6 Å². The first-order chi connectivity index (χ1) is 10.8. The van der Waals surface area contributed by atoms with Gasteiger partial charge >= 0.3 is 0 Å². The molecule has 0 heterocycles. The molecule has 2 nitrogen and oxygen atoms in total. The van der Waals surface area contributed by atoms with Crippen LogP contribution in [0.4, 0.5) is 0 Å². The topological polar surface area (TPSA) is 21.3 Å². The second-order valence-electron chi connectivity index (χ2n) is 5.79. The van der Waals surface area contributed by atoms with E-state index in [1.807, 2.05) is 0 Å². The minimum atomic E-state index is 0.818. The molecule has 0 bridgehead atoms. The summed E-state index contributed by atoms with van der Waals surface area (Å²) in [7, 11) is 0. The van der Waals surface area contributed by atoms with Crippen LogP contribution in [0.2, 0.25) is 0 Å². The van der Waals surface area contributed by atoms with Crippen LogP contribution in [-0.4, -0.2) is 6.61 Å². The smallest absolute Gasteiger partial charge is 0.119 e. The summed E-state index contributed by atoms with van der Waals surface area (Å²) < 4.78 is 5.73. The lowest BCUT2D eigenvalue weighted by molar-refractivity contribution is 0.306. The molecule has 0 amide bonds. The maximum atomic E-state index is 5.73. The summed E-state index contributed by atoms with van der Waals surface area (Å²) in [5, 5.41) is 3.48. The van der Waals surface area contributed by atoms with E-state index in [1.54, 1.807) is 0 Å². The second-order valence-corrected chi connectivity index (χ2v) is 5.79. The molecule has 22 heavy (non-hydrogen) atoms. The van der Waals surface area contributed by atoms with E-state index in [-0.39, 0.29) is 0 Å². The maximum Gasteiger partial charge on any atom is 0.119 e. The summed E-state index contributed by atoms with van der Waals surface area (Å²) in [5.41, 5.74) is 3.92. The lowest BCUT2D eigenvalue weighted by atomic mass is 10.1. The highest BCUT2D eigenvalue weighted by Crippen LogP contribution is 2.13. The summed E-state index contributed by atoms with van der Waals surface area (Å²) >= 11 is 0. The first-order valence-corrected chi connectivity index (χ1v) is 8.26. The van der Waals surface area contributed by atoms with E-state index in [9.17, 15) is 0 Å². The number of hydrogen-bond donors (Lipinski definition) is 1. The van der Waals surface area contributed by atoms with E-state index in [2.05, 4.69) is 67.7 Å². The SMILES string of the molecule is CCCCCOc1ccc(CNCc2cccc(C)c2)cc1. The second kappa shape index (κ2) is 9.26. The Balaban J connectivity index is 1.72. The zero-order chi connectivity index (χ0) is 15.6. The monoisotopic (exact) mass is 297 g/mol. The Morgan fingerprint density at radius 2 is 1.68 bits per heavy atom. The van der Waals surface area contributed by atoms with Gasteiger partial charge < -0.3 is 10.1 Å². The van der Waals surface area contributed by atoms with Gasteiger partial charge in [0.05, 0.1) is 6.61 Å². The maximum absolute atomic E-state index is 5.73. The molecule has 0 unspecified atom stereocenters. The molecule has 0 aromatic heterocycles. The van der Waals surface area contributed by atoms with Gasteiger partial charge in [0.1, 0.15) is 5.75 Å². The summed E-state index contributed by atoms with van der Waals surface area (Å²) in [5.74, 6) is 0.971. The van der Waals surface area contributed by atoms with Crippen LogP contribution in [0.15, 0.2) is 48.5 Å². The predicted molar refractivity (Wildman–Crippen MR) is 93.2 cm³/mol. The van der Waals surface area contributed by atoms with Gasteiger partial charge in [0, 0.05) is 13.1 Å². The fourth-order valence-corrected chi connectivity index (χ4v) is 2.42. The van der Waals surface area contributed by atoms with Crippen LogP contribution in [-0.2, 0) is 13.1 Å². The standard InChI is InChI=1S/C20H27NO/c1-3-4-5-13-22-20-11-9-18(10-12-20)15-21-16-19-8-6-7-17(2)14-19/h6-12,14,21H,3-5,13,15-16H2,1-2H3. The normalized spacial score (nSPS) is 10.6. The molecule has 0 atom stereocenters. The summed E-state index contributed by atoms with van der Waals surface area (Å²) in [6, 6.07) is 17.0. The van der Waals surface area contributed by atoms with Crippen molar-refractivity contribution < 1.29 is 4.74 Å². The van der Waals surface area contributed by atoms with Crippen LogP contribution in [0.3, 0.4) is 0 Å². The molecule has 2 heteroatoms. The van der Waals surface area contributed by atoms with Crippen molar-refractivity contribution in [3.63, 3.8) is 0 Å². The Bertz CT molecular complexity index is 548. The van der Waals surface area contributed by atoms with Crippen molar-refractivity contribution in [1.29, 1.82) is 0 Å². The Morgan fingerprint density at radius 1 is 0.909 bits per heavy atom. The lowest BCUT2D eigenvalue weighted by Gasteiger charge is -2.08. The first-order valence-electron chi connectivity index (χ1n) is 8.26. The third-order valence-electron chi connectivity index (χ3n) is 3.68. The van der Waals surface area contributed by atoms with Gasteiger partial charge in [-0.3, -0.25) is 0 Å². The number of rotatable bonds is 9. The highest BCUT2D eigenvalue weighted by molar-refractivity contribution is 5.27. The third-order valence-corrected chi connectivity index (χ3v) is 3.68. The van der Waals surface area contributed by atoms with E-state index < -0.39 is 0 Å². The number of nitrogens with one attached hydrogen (secondary N) is 1. The minimum Gasteiger partial charge on any atom is -0.494 e. The van der Waals surface area contributed by atoms with Gasteiger partial charge in [-0.1, -0.05) is 61.7 Å². The molecule has 1 N–H and O–H groups in total. The van der Waals surface area contributed by atoms with Crippen LogP contribution in [0.1, 0.15) is 42.9 Å². The highest BCUT2D eigenvalue weighted by atomic mass is 16.5. The van der Waals surface area contributed by atoms with Crippen molar-refractivity contribution >= 4 is 0 Å². The van der Waals surface area contributed by atoms with Gasteiger partial charge in [0.15, 0.2) is 0 Å². The molecular weight excluding hydrogens is 270 g/mol. The van der Waals surface area contributed by atoms with E-state index in [0.29, 0.717) is 0 Å². The lowest BCUT2D eigenvalue weighted by Crippen LogP contribution is -2.12. The number of aryl methyl sites for hydroxylation is 1. The zero-order valence-corrected chi connectivity index (χ0v) is 13.8. The van der Waals surface area contributed by atoms with Crippen molar-refractivity contribution in [2.75, 3.05) is 6.61 Å². The molecule has 0 fully saturated rings. The van der Waals surface area contributed by atoms with Crippen molar-refractivity contribution in [1.82, 2.24) is 5.32 Å². The number of benzene rings is 2. The molecule has 0 aliphatic rings. The van der Waals surface area contributed by atoms with Crippen molar-refractivity contribution in [2.45, 2.75) is 46.2 Å². The van der Waals surface area contributed by atoms with Gasteiger partial charge in [-0.25, -0.2) is 0 Å². The molecular formula is C20H27NO. The molecule has 0 aliphatic carbocycles. The summed E-state index contributed by atoms with van der Waals surface area (Å²) in [6.45, 7) is 6.93.